The van der Waals surface area contributed by atoms with E-state index in [2.05, 4.69) is 10.6 Å². The van der Waals surface area contributed by atoms with Crippen LogP contribution in [0.4, 0.5) is 5.69 Å². The van der Waals surface area contributed by atoms with E-state index in [1.807, 2.05) is 30.3 Å². The Morgan fingerprint density at radius 2 is 1.64 bits per heavy atom. The quantitative estimate of drug-likeness (QED) is 0.0682. The molecule has 1 amide bonds. The number of esters is 1. The van der Waals surface area contributed by atoms with E-state index in [1.165, 1.54) is 7.11 Å². The third kappa shape index (κ3) is 9.46. The minimum Gasteiger partial charge on any atom is -0.493 e. The molecule has 44 heavy (non-hydrogen) atoms. The number of amides is 1. The first-order valence-corrected chi connectivity index (χ1v) is 13.8. The highest BCUT2D eigenvalue weighted by molar-refractivity contribution is 5.95. The van der Waals surface area contributed by atoms with Gasteiger partial charge in [0.2, 0.25) is 5.91 Å². The lowest BCUT2D eigenvalue weighted by molar-refractivity contribution is -0.156. The summed E-state index contributed by atoms with van der Waals surface area (Å²) in [6.45, 7) is 5.34. The molecule has 0 heterocycles. The lowest BCUT2D eigenvalue weighted by Crippen LogP contribution is -2.63. The minimum atomic E-state index is -2.28. The van der Waals surface area contributed by atoms with Crippen LogP contribution in [0.25, 0.3) is 0 Å². The fraction of sp³-hybridized carbons (Fsp3) is 0.312. The average Bonchev–Trinajstić information content (AvgIpc) is 2.97. The lowest BCUT2D eigenvalue weighted by atomic mass is 10.0. The van der Waals surface area contributed by atoms with Crippen LogP contribution >= 0.6 is 0 Å². The van der Waals surface area contributed by atoms with Gasteiger partial charge in [0.15, 0.2) is 17.2 Å². The highest BCUT2D eigenvalue weighted by Crippen LogP contribution is 2.33. The number of carboxylic acids is 1. The Morgan fingerprint density at radius 3 is 2.20 bits per heavy atom. The summed E-state index contributed by atoms with van der Waals surface area (Å²) >= 11 is 0. The molecule has 12 heteroatoms. The second kappa shape index (κ2) is 14.4. The Morgan fingerprint density at radius 1 is 0.977 bits per heavy atom. The number of amidine groups is 1. The van der Waals surface area contributed by atoms with Gasteiger partial charge >= 0.3 is 11.9 Å². The maximum absolute atomic E-state index is 13.8. The number of hydrogen-bond acceptors (Lipinski definition) is 9. The number of aliphatic carboxylic acids is 1. The highest BCUT2D eigenvalue weighted by atomic mass is 16.6. The van der Waals surface area contributed by atoms with Gasteiger partial charge < -0.3 is 35.7 Å². The molecule has 234 valence electrons. The number of carbonyl (C=O) groups is 3. The topological polar surface area (TPSA) is 199 Å². The standard InChI is InChI=1S/C32H39N5O7/c1-31(2,3)44-26(38)16-17-32(35,30(40)41)37-29(39)27(36-23-13-10-21(11-14-23)28(33)34)22-12-15-24(25(18-22)42-4)43-19-20-8-6-5-7-9-20/h5-15,18,27,36H,16-17,19,35H2,1-4H3,(H3,33,34)(H,37,39)(H,40,41)/t27-,32+/m1/s1. The van der Waals surface area contributed by atoms with E-state index < -0.39 is 41.6 Å². The molecule has 0 spiro atoms. The van der Waals surface area contributed by atoms with Crippen LogP contribution < -0.4 is 31.6 Å². The molecule has 3 aromatic rings. The fourth-order valence-corrected chi connectivity index (χ4v) is 4.14. The Hall–Kier alpha value is -5.10. The van der Waals surface area contributed by atoms with Crippen LogP contribution in [0.15, 0.2) is 72.8 Å². The molecule has 0 aliphatic heterocycles. The van der Waals surface area contributed by atoms with Crippen molar-refractivity contribution < 1.29 is 33.7 Å². The van der Waals surface area contributed by atoms with Crippen molar-refractivity contribution in [2.45, 2.75) is 57.5 Å². The van der Waals surface area contributed by atoms with Crippen LogP contribution in [0.1, 0.15) is 56.3 Å². The number of rotatable bonds is 14. The fourth-order valence-electron chi connectivity index (χ4n) is 4.14. The summed E-state index contributed by atoms with van der Waals surface area (Å²) in [6, 6.07) is 19.7. The van der Waals surface area contributed by atoms with E-state index in [-0.39, 0.29) is 18.9 Å². The van der Waals surface area contributed by atoms with Gasteiger partial charge in [-0.1, -0.05) is 36.4 Å². The smallest absolute Gasteiger partial charge is 0.344 e. The van der Waals surface area contributed by atoms with Crippen LogP contribution in [0.3, 0.4) is 0 Å². The predicted octanol–water partition coefficient (Wildman–Crippen LogP) is 3.69. The highest BCUT2D eigenvalue weighted by Gasteiger charge is 2.39. The summed E-state index contributed by atoms with van der Waals surface area (Å²) in [7, 11) is 1.46. The van der Waals surface area contributed by atoms with Crippen LogP contribution in [0.5, 0.6) is 11.5 Å². The summed E-state index contributed by atoms with van der Waals surface area (Å²) in [5.41, 5.74) is 11.0. The molecule has 0 aliphatic carbocycles. The third-order valence-corrected chi connectivity index (χ3v) is 6.40. The van der Waals surface area contributed by atoms with Gasteiger partial charge in [-0.3, -0.25) is 20.7 Å². The second-order valence-corrected chi connectivity index (χ2v) is 11.1. The molecule has 0 unspecified atom stereocenters. The van der Waals surface area contributed by atoms with Gasteiger partial charge in [0.25, 0.3) is 0 Å². The Labute approximate surface area is 256 Å². The number of ether oxygens (including phenoxy) is 3. The van der Waals surface area contributed by atoms with Crippen molar-refractivity contribution in [2.24, 2.45) is 11.5 Å². The zero-order chi connectivity index (χ0) is 32.5. The number of carboxylic acid groups (broad SMARTS) is 1. The SMILES string of the molecule is COc1cc([C@@H](Nc2ccc(C(=N)N)cc2)C(=O)N[C@@](N)(CCC(=O)OC(C)(C)C)C(=O)O)ccc1OCc1ccccc1. The molecule has 0 aromatic heterocycles. The monoisotopic (exact) mass is 605 g/mol. The number of benzene rings is 3. The lowest BCUT2D eigenvalue weighted by Gasteiger charge is -2.29. The largest absolute Gasteiger partial charge is 0.493 e. The molecular formula is C32H39N5O7. The van der Waals surface area contributed by atoms with Gasteiger partial charge in [-0.25, -0.2) is 4.79 Å². The molecule has 12 nitrogen and oxygen atoms in total. The van der Waals surface area contributed by atoms with E-state index in [1.54, 1.807) is 63.2 Å². The Kier molecular flexibility index (Phi) is 10.9. The zero-order valence-electron chi connectivity index (χ0n) is 25.2. The van der Waals surface area contributed by atoms with Crippen molar-refractivity contribution >= 4 is 29.4 Å². The summed E-state index contributed by atoms with van der Waals surface area (Å²) < 4.78 is 16.8. The van der Waals surface area contributed by atoms with Crippen molar-refractivity contribution in [3.8, 4) is 11.5 Å². The first-order chi connectivity index (χ1) is 20.7. The summed E-state index contributed by atoms with van der Waals surface area (Å²) in [5.74, 6) is -2.32. The Bertz CT molecular complexity index is 1470. The predicted molar refractivity (Wildman–Crippen MR) is 165 cm³/mol. The molecular weight excluding hydrogens is 566 g/mol. The molecule has 0 saturated heterocycles. The molecule has 0 fully saturated rings. The molecule has 8 N–H and O–H groups in total. The van der Waals surface area contributed by atoms with Gasteiger partial charge in [0, 0.05) is 24.1 Å². The van der Waals surface area contributed by atoms with Gasteiger partial charge in [-0.2, -0.15) is 0 Å². The number of nitrogens with two attached hydrogens (primary N) is 2. The minimum absolute atomic E-state index is 0.124. The zero-order valence-corrected chi connectivity index (χ0v) is 25.2. The number of methoxy groups -OCH3 is 1. The van der Waals surface area contributed by atoms with E-state index in [4.69, 9.17) is 31.1 Å². The molecule has 3 aromatic carbocycles. The number of nitrogens with one attached hydrogen (secondary N) is 3. The van der Waals surface area contributed by atoms with Gasteiger partial charge in [-0.05, 0) is 68.3 Å². The summed E-state index contributed by atoms with van der Waals surface area (Å²) in [5, 5.41) is 23.1. The summed E-state index contributed by atoms with van der Waals surface area (Å²) in [4.78, 5) is 38.3. The van der Waals surface area contributed by atoms with E-state index in [0.717, 1.165) is 5.56 Å². The Balaban J connectivity index is 1.91. The van der Waals surface area contributed by atoms with Crippen LogP contribution in [0, 0.1) is 5.41 Å². The van der Waals surface area contributed by atoms with Crippen LogP contribution in [-0.2, 0) is 25.7 Å². The number of hydrogen-bond donors (Lipinski definition) is 6. The first-order valence-electron chi connectivity index (χ1n) is 13.8. The molecule has 3 rings (SSSR count). The molecule has 0 aliphatic rings. The van der Waals surface area contributed by atoms with Crippen LogP contribution in [0.2, 0.25) is 0 Å². The van der Waals surface area contributed by atoms with Crippen molar-refractivity contribution in [2.75, 3.05) is 12.4 Å². The average molecular weight is 606 g/mol. The van der Waals surface area contributed by atoms with Crippen molar-refractivity contribution in [3.05, 3.63) is 89.5 Å². The first kappa shape index (κ1) is 33.4. The number of carbonyl (C=O) groups excluding carboxylic acids is 2. The van der Waals surface area contributed by atoms with Crippen molar-refractivity contribution in [1.82, 2.24) is 5.32 Å². The molecule has 0 saturated carbocycles. The molecule has 2 atom stereocenters. The van der Waals surface area contributed by atoms with Gasteiger partial charge in [-0.15, -0.1) is 0 Å². The van der Waals surface area contributed by atoms with E-state index in [0.29, 0.717) is 28.3 Å². The van der Waals surface area contributed by atoms with Gasteiger partial charge in [0.1, 0.15) is 24.1 Å². The normalized spacial score (nSPS) is 13.1. The summed E-state index contributed by atoms with van der Waals surface area (Å²) in [6.07, 6.45) is -0.759. The van der Waals surface area contributed by atoms with Crippen molar-refractivity contribution in [3.63, 3.8) is 0 Å². The van der Waals surface area contributed by atoms with E-state index in [9.17, 15) is 19.5 Å². The van der Waals surface area contributed by atoms with Crippen LogP contribution in [-0.4, -0.2) is 47.2 Å². The molecule has 0 bridgehead atoms. The van der Waals surface area contributed by atoms with Gasteiger partial charge in [0.05, 0.1) is 7.11 Å². The third-order valence-electron chi connectivity index (χ3n) is 6.40. The van der Waals surface area contributed by atoms with Crippen molar-refractivity contribution in [1.29, 1.82) is 5.41 Å². The second-order valence-electron chi connectivity index (χ2n) is 11.1. The number of anilines is 1. The van der Waals surface area contributed by atoms with E-state index >= 15 is 0 Å². The maximum Gasteiger partial charge on any atom is 0.344 e. The maximum atomic E-state index is 13.8. The number of nitrogen functional groups attached to an aromatic ring is 1. The molecule has 0 radical (unpaired) electrons.